The van der Waals surface area contributed by atoms with E-state index in [1.165, 1.54) is 0 Å². The molecule has 1 aromatic rings. The van der Waals surface area contributed by atoms with Crippen LogP contribution in [-0.2, 0) is 5.41 Å². The maximum atomic E-state index is 8.94. The van der Waals surface area contributed by atoms with E-state index in [1.54, 1.807) is 0 Å². The van der Waals surface area contributed by atoms with Crippen molar-refractivity contribution in [2.45, 2.75) is 26.2 Å². The van der Waals surface area contributed by atoms with Crippen LogP contribution in [0.5, 0.6) is 0 Å². The summed E-state index contributed by atoms with van der Waals surface area (Å²) in [6, 6.07) is 8.04. The number of hydrogen-bond donors (Lipinski definition) is 1. The van der Waals surface area contributed by atoms with Gasteiger partial charge in [0.25, 0.3) is 0 Å². The van der Waals surface area contributed by atoms with Crippen LogP contribution in [0, 0.1) is 18.3 Å². The fourth-order valence-electron chi connectivity index (χ4n) is 1.31. The van der Waals surface area contributed by atoms with E-state index in [0.29, 0.717) is 5.69 Å². The minimum Gasteiger partial charge on any atom is -0.398 e. The minimum atomic E-state index is -0.502. The van der Waals surface area contributed by atoms with Crippen molar-refractivity contribution in [3.05, 3.63) is 29.3 Å². The van der Waals surface area contributed by atoms with Gasteiger partial charge in [-0.15, -0.1) is 0 Å². The van der Waals surface area contributed by atoms with Crippen LogP contribution in [0.4, 0.5) is 5.69 Å². The van der Waals surface area contributed by atoms with Crippen LogP contribution < -0.4 is 5.73 Å². The summed E-state index contributed by atoms with van der Waals surface area (Å²) in [6.07, 6.45) is 0. The first-order chi connectivity index (χ1) is 5.97. The van der Waals surface area contributed by atoms with Gasteiger partial charge >= 0.3 is 0 Å². The third-order valence-corrected chi connectivity index (χ3v) is 2.16. The Kier molecular flexibility index (Phi) is 2.29. The van der Waals surface area contributed by atoms with Crippen molar-refractivity contribution in [2.75, 3.05) is 5.73 Å². The van der Waals surface area contributed by atoms with Crippen LogP contribution in [0.2, 0.25) is 0 Å². The summed E-state index contributed by atoms with van der Waals surface area (Å²) in [4.78, 5) is 0. The maximum Gasteiger partial charge on any atom is 0.0786 e. The van der Waals surface area contributed by atoms with Gasteiger partial charge in [0.05, 0.1) is 11.5 Å². The quantitative estimate of drug-likeness (QED) is 0.664. The Morgan fingerprint density at radius 1 is 1.38 bits per heavy atom. The lowest BCUT2D eigenvalue weighted by Gasteiger charge is -2.18. The average Bonchev–Trinajstić information content (AvgIpc) is 2.03. The second-order valence-electron chi connectivity index (χ2n) is 3.83. The van der Waals surface area contributed by atoms with E-state index >= 15 is 0 Å². The molecule has 0 unspecified atom stereocenters. The zero-order chi connectivity index (χ0) is 10.1. The SMILES string of the molecule is Cc1ccc(C(C)(C)C#N)c(N)c1. The van der Waals surface area contributed by atoms with Crippen LogP contribution in [-0.4, -0.2) is 0 Å². The second-order valence-corrected chi connectivity index (χ2v) is 3.83. The summed E-state index contributed by atoms with van der Waals surface area (Å²) in [6.45, 7) is 5.72. The zero-order valence-corrected chi connectivity index (χ0v) is 8.26. The molecule has 2 nitrogen and oxygen atoms in total. The molecule has 0 aliphatic carbocycles. The number of nitriles is 1. The normalized spacial score (nSPS) is 10.9. The third-order valence-electron chi connectivity index (χ3n) is 2.16. The topological polar surface area (TPSA) is 49.8 Å². The van der Waals surface area contributed by atoms with Crippen LogP contribution >= 0.6 is 0 Å². The highest BCUT2D eigenvalue weighted by atomic mass is 14.6. The summed E-state index contributed by atoms with van der Waals surface area (Å²) >= 11 is 0. The van der Waals surface area contributed by atoms with Crippen LogP contribution in [0.1, 0.15) is 25.0 Å². The largest absolute Gasteiger partial charge is 0.398 e. The lowest BCUT2D eigenvalue weighted by Crippen LogP contribution is -2.16. The first kappa shape index (κ1) is 9.60. The number of anilines is 1. The Bertz CT molecular complexity index is 359. The Labute approximate surface area is 79.0 Å². The van der Waals surface area contributed by atoms with Crippen molar-refractivity contribution < 1.29 is 0 Å². The van der Waals surface area contributed by atoms with Crippen molar-refractivity contribution >= 4 is 5.69 Å². The lowest BCUT2D eigenvalue weighted by molar-refractivity contribution is 0.689. The van der Waals surface area contributed by atoms with Gasteiger partial charge in [-0.3, -0.25) is 0 Å². The van der Waals surface area contributed by atoms with Crippen LogP contribution in [0.25, 0.3) is 0 Å². The maximum absolute atomic E-state index is 8.94. The predicted octanol–water partition coefficient (Wildman–Crippen LogP) is 2.38. The fourth-order valence-corrected chi connectivity index (χ4v) is 1.31. The molecule has 1 aromatic carbocycles. The number of benzene rings is 1. The van der Waals surface area contributed by atoms with E-state index in [0.717, 1.165) is 11.1 Å². The molecular formula is C11H14N2. The molecule has 0 radical (unpaired) electrons. The molecule has 0 atom stereocenters. The van der Waals surface area contributed by atoms with E-state index in [2.05, 4.69) is 6.07 Å². The predicted molar refractivity (Wildman–Crippen MR) is 54.2 cm³/mol. The highest BCUT2D eigenvalue weighted by Gasteiger charge is 2.21. The number of nitrogen functional groups attached to an aromatic ring is 1. The van der Waals surface area contributed by atoms with Gasteiger partial charge in [-0.05, 0) is 38.0 Å². The molecule has 0 aromatic heterocycles. The molecule has 13 heavy (non-hydrogen) atoms. The zero-order valence-electron chi connectivity index (χ0n) is 8.26. The van der Waals surface area contributed by atoms with Crippen molar-refractivity contribution in [1.29, 1.82) is 5.26 Å². The smallest absolute Gasteiger partial charge is 0.0786 e. The third kappa shape index (κ3) is 1.81. The summed E-state index contributed by atoms with van der Waals surface area (Å²) in [7, 11) is 0. The number of aryl methyl sites for hydroxylation is 1. The van der Waals surface area contributed by atoms with Crippen molar-refractivity contribution in [2.24, 2.45) is 0 Å². The molecule has 68 valence electrons. The molecular weight excluding hydrogens is 160 g/mol. The lowest BCUT2D eigenvalue weighted by atomic mass is 9.85. The standard InChI is InChI=1S/C11H14N2/c1-8-4-5-9(10(13)6-8)11(2,3)7-12/h4-6H,13H2,1-3H3. The molecule has 0 bridgehead atoms. The molecule has 0 spiro atoms. The number of nitrogens with zero attached hydrogens (tertiary/aromatic N) is 1. The second kappa shape index (κ2) is 3.10. The molecule has 1 rings (SSSR count). The first-order valence-electron chi connectivity index (χ1n) is 4.25. The average molecular weight is 174 g/mol. The molecule has 0 aliphatic heterocycles. The Balaban J connectivity index is 3.26. The van der Waals surface area contributed by atoms with Crippen molar-refractivity contribution in [3.63, 3.8) is 0 Å². The van der Waals surface area contributed by atoms with Crippen LogP contribution in [0.3, 0.4) is 0 Å². The van der Waals surface area contributed by atoms with Gasteiger partial charge in [0.2, 0.25) is 0 Å². The molecule has 0 aliphatic rings. The summed E-state index contributed by atoms with van der Waals surface area (Å²) in [5, 5.41) is 8.94. The van der Waals surface area contributed by atoms with Crippen molar-refractivity contribution in [3.8, 4) is 6.07 Å². The molecule has 2 N–H and O–H groups in total. The Hall–Kier alpha value is -1.49. The number of hydrogen-bond acceptors (Lipinski definition) is 2. The minimum absolute atomic E-state index is 0.502. The van der Waals surface area contributed by atoms with Crippen LogP contribution in [0.15, 0.2) is 18.2 Å². The number of rotatable bonds is 1. The molecule has 0 amide bonds. The van der Waals surface area contributed by atoms with E-state index < -0.39 is 5.41 Å². The Morgan fingerprint density at radius 3 is 2.46 bits per heavy atom. The molecule has 0 saturated heterocycles. The molecule has 0 heterocycles. The van der Waals surface area contributed by atoms with Gasteiger partial charge in [0, 0.05) is 5.69 Å². The summed E-state index contributed by atoms with van der Waals surface area (Å²) in [5.41, 5.74) is 8.05. The van der Waals surface area contributed by atoms with Gasteiger partial charge in [0.15, 0.2) is 0 Å². The summed E-state index contributed by atoms with van der Waals surface area (Å²) < 4.78 is 0. The van der Waals surface area contributed by atoms with Crippen molar-refractivity contribution in [1.82, 2.24) is 0 Å². The van der Waals surface area contributed by atoms with E-state index in [1.807, 2.05) is 39.0 Å². The van der Waals surface area contributed by atoms with E-state index in [4.69, 9.17) is 11.0 Å². The van der Waals surface area contributed by atoms with Gasteiger partial charge < -0.3 is 5.73 Å². The number of nitrogens with two attached hydrogens (primary N) is 1. The molecule has 0 fully saturated rings. The van der Waals surface area contributed by atoms with Gasteiger partial charge in [-0.2, -0.15) is 5.26 Å². The highest BCUT2D eigenvalue weighted by Crippen LogP contribution is 2.27. The molecule has 0 saturated carbocycles. The van der Waals surface area contributed by atoms with E-state index in [-0.39, 0.29) is 0 Å². The van der Waals surface area contributed by atoms with Gasteiger partial charge in [-0.1, -0.05) is 12.1 Å². The van der Waals surface area contributed by atoms with Gasteiger partial charge in [0.1, 0.15) is 0 Å². The summed E-state index contributed by atoms with van der Waals surface area (Å²) in [5.74, 6) is 0. The van der Waals surface area contributed by atoms with Gasteiger partial charge in [-0.25, -0.2) is 0 Å². The fraction of sp³-hybridized carbons (Fsp3) is 0.364. The Morgan fingerprint density at radius 2 is 2.00 bits per heavy atom. The van der Waals surface area contributed by atoms with E-state index in [9.17, 15) is 0 Å². The highest BCUT2D eigenvalue weighted by molar-refractivity contribution is 5.54. The monoisotopic (exact) mass is 174 g/mol. The molecule has 2 heteroatoms. The first-order valence-corrected chi connectivity index (χ1v) is 4.25.